The van der Waals surface area contributed by atoms with Crippen LogP contribution in [0.15, 0.2) is 17.2 Å². The lowest BCUT2D eigenvalue weighted by molar-refractivity contribution is 0.488. The molecule has 0 saturated heterocycles. The highest BCUT2D eigenvalue weighted by molar-refractivity contribution is 7.80. The van der Waals surface area contributed by atoms with E-state index in [0.29, 0.717) is 6.54 Å². The number of hydrogen-bond acceptors (Lipinski definition) is 5. The lowest BCUT2D eigenvalue weighted by atomic mass is 10.4. The number of aromatic nitrogens is 2. The average Bonchev–Trinajstić information content (AvgIpc) is 2.24. The van der Waals surface area contributed by atoms with Gasteiger partial charge in [-0.3, -0.25) is 10.2 Å². The molecule has 0 aliphatic carbocycles. The molecule has 0 aliphatic rings. The maximum atomic E-state index is 11.7. The minimum Gasteiger partial charge on any atom is -0.406 e. The van der Waals surface area contributed by atoms with Crippen molar-refractivity contribution in [1.29, 1.82) is 0 Å². The predicted octanol–water partition coefficient (Wildman–Crippen LogP) is -0.220. The highest BCUT2D eigenvalue weighted by atomic mass is 32.1. The zero-order valence-electron chi connectivity index (χ0n) is 8.27. The van der Waals surface area contributed by atoms with Crippen LogP contribution in [0.2, 0.25) is 0 Å². The van der Waals surface area contributed by atoms with E-state index in [0.717, 1.165) is 6.42 Å². The van der Waals surface area contributed by atoms with Gasteiger partial charge < -0.3 is 9.30 Å². The van der Waals surface area contributed by atoms with E-state index < -0.39 is 0 Å². The summed E-state index contributed by atoms with van der Waals surface area (Å²) in [7, 11) is 0. The van der Waals surface area contributed by atoms with Crippen LogP contribution in [0.25, 0.3) is 0 Å². The van der Waals surface area contributed by atoms with Crippen molar-refractivity contribution in [3.05, 3.63) is 22.7 Å². The first-order valence-electron chi connectivity index (χ1n) is 4.43. The molecule has 82 valence electrons. The van der Waals surface area contributed by atoms with Gasteiger partial charge in [-0.05, 0) is 18.6 Å². The fourth-order valence-electron chi connectivity index (χ4n) is 1.03. The summed E-state index contributed by atoms with van der Waals surface area (Å²) in [6.07, 6.45) is 3.92. The van der Waals surface area contributed by atoms with E-state index in [2.05, 4.69) is 22.6 Å². The quantitative estimate of drug-likeness (QED) is 0.423. The lowest BCUT2D eigenvalue weighted by Crippen LogP contribution is -2.35. The van der Waals surface area contributed by atoms with Gasteiger partial charge in [-0.15, -0.1) is 0 Å². The van der Waals surface area contributed by atoms with Crippen LogP contribution < -0.4 is 21.6 Å². The first-order valence-corrected chi connectivity index (χ1v) is 4.83. The van der Waals surface area contributed by atoms with E-state index in [1.54, 1.807) is 6.20 Å². The van der Waals surface area contributed by atoms with E-state index in [-0.39, 0.29) is 16.6 Å². The molecule has 0 radical (unpaired) electrons. The molecule has 0 spiro atoms. The Kier molecular flexibility index (Phi) is 4.19. The van der Waals surface area contributed by atoms with Crippen molar-refractivity contribution < 1.29 is 4.74 Å². The second kappa shape index (κ2) is 5.42. The van der Waals surface area contributed by atoms with Crippen molar-refractivity contribution in [1.82, 2.24) is 15.0 Å². The summed E-state index contributed by atoms with van der Waals surface area (Å²) in [5.74, 6) is 4.94. The van der Waals surface area contributed by atoms with Gasteiger partial charge in [0, 0.05) is 18.9 Å². The van der Waals surface area contributed by atoms with E-state index >= 15 is 0 Å². The highest BCUT2D eigenvalue weighted by Crippen LogP contribution is 1.97. The van der Waals surface area contributed by atoms with Crippen LogP contribution in [0.3, 0.4) is 0 Å². The van der Waals surface area contributed by atoms with Crippen LogP contribution in [0.1, 0.15) is 13.3 Å². The fraction of sp³-hybridized carbons (Fsp3) is 0.375. The van der Waals surface area contributed by atoms with Gasteiger partial charge in [0.15, 0.2) is 0 Å². The molecular formula is C8H12N4O2S. The molecule has 0 fully saturated rings. The fourth-order valence-corrected chi connectivity index (χ4v) is 1.11. The predicted molar refractivity (Wildman–Crippen MR) is 59.3 cm³/mol. The highest BCUT2D eigenvalue weighted by Gasteiger charge is 2.07. The number of nitrogens with one attached hydrogen (secondary N) is 1. The SMILES string of the molecule is CCCn1ccnc(OC(=S)NN)c1=O. The number of hydrogen-bond donors (Lipinski definition) is 2. The molecule has 0 atom stereocenters. The second-order valence-electron chi connectivity index (χ2n) is 2.76. The summed E-state index contributed by atoms with van der Waals surface area (Å²) < 4.78 is 6.43. The molecule has 1 rings (SSSR count). The van der Waals surface area contributed by atoms with Gasteiger partial charge in [0.1, 0.15) is 0 Å². The van der Waals surface area contributed by atoms with Crippen molar-refractivity contribution in [3.8, 4) is 5.88 Å². The van der Waals surface area contributed by atoms with Crippen LogP contribution in [0, 0.1) is 0 Å². The monoisotopic (exact) mass is 228 g/mol. The van der Waals surface area contributed by atoms with E-state index in [1.165, 1.54) is 10.8 Å². The summed E-state index contributed by atoms with van der Waals surface area (Å²) in [6.45, 7) is 2.58. The minimum absolute atomic E-state index is 0.0751. The van der Waals surface area contributed by atoms with Gasteiger partial charge in [-0.25, -0.2) is 10.8 Å². The van der Waals surface area contributed by atoms with Gasteiger partial charge in [-0.1, -0.05) is 6.92 Å². The van der Waals surface area contributed by atoms with Crippen LogP contribution in [0.5, 0.6) is 5.88 Å². The third kappa shape index (κ3) is 3.00. The Morgan fingerprint density at radius 2 is 2.53 bits per heavy atom. The number of ether oxygens (including phenoxy) is 1. The largest absolute Gasteiger partial charge is 0.406 e. The first-order chi connectivity index (χ1) is 7.19. The molecular weight excluding hydrogens is 216 g/mol. The Morgan fingerprint density at radius 3 is 3.13 bits per heavy atom. The molecule has 15 heavy (non-hydrogen) atoms. The van der Waals surface area contributed by atoms with E-state index in [9.17, 15) is 4.79 Å². The number of thiocarbonyl (C=S) groups is 1. The maximum absolute atomic E-state index is 11.7. The maximum Gasteiger partial charge on any atom is 0.313 e. The molecule has 1 aromatic heterocycles. The summed E-state index contributed by atoms with van der Waals surface area (Å²) in [4.78, 5) is 15.4. The summed E-state index contributed by atoms with van der Waals surface area (Å²) in [5, 5.41) is -0.0890. The molecule has 6 nitrogen and oxygen atoms in total. The van der Waals surface area contributed by atoms with Crippen molar-refractivity contribution in [2.75, 3.05) is 0 Å². The van der Waals surface area contributed by atoms with Gasteiger partial charge in [0.25, 0.3) is 11.1 Å². The zero-order valence-corrected chi connectivity index (χ0v) is 9.08. The molecule has 0 bridgehead atoms. The summed E-state index contributed by atoms with van der Waals surface area (Å²) in [5.41, 5.74) is 1.79. The van der Waals surface area contributed by atoms with Crippen molar-refractivity contribution >= 4 is 17.4 Å². The molecule has 0 saturated carbocycles. The smallest absolute Gasteiger partial charge is 0.313 e. The Hall–Kier alpha value is -1.47. The molecule has 7 heteroatoms. The summed E-state index contributed by atoms with van der Waals surface area (Å²) in [6, 6.07) is 0. The zero-order chi connectivity index (χ0) is 11.3. The van der Waals surface area contributed by atoms with Crippen molar-refractivity contribution in [3.63, 3.8) is 0 Å². The molecule has 0 unspecified atom stereocenters. The third-order valence-electron chi connectivity index (χ3n) is 1.65. The lowest BCUT2D eigenvalue weighted by Gasteiger charge is -2.06. The minimum atomic E-state index is -0.322. The van der Waals surface area contributed by atoms with Gasteiger partial charge in [-0.2, -0.15) is 0 Å². The number of rotatable bonds is 3. The van der Waals surface area contributed by atoms with Gasteiger partial charge in [0.05, 0.1) is 0 Å². The average molecular weight is 228 g/mol. The summed E-state index contributed by atoms with van der Waals surface area (Å²) >= 11 is 4.66. The number of hydrazine groups is 1. The molecule has 0 aromatic carbocycles. The van der Waals surface area contributed by atoms with Crippen molar-refractivity contribution in [2.24, 2.45) is 5.84 Å². The Balaban J connectivity index is 2.94. The first kappa shape index (κ1) is 11.6. The Labute approximate surface area is 92.0 Å². The molecule has 0 amide bonds. The Bertz CT molecular complexity index is 404. The molecule has 3 N–H and O–H groups in total. The normalized spacial score (nSPS) is 9.73. The van der Waals surface area contributed by atoms with Crippen LogP contribution in [-0.2, 0) is 6.54 Å². The Morgan fingerprint density at radius 1 is 1.80 bits per heavy atom. The third-order valence-corrected chi connectivity index (χ3v) is 1.86. The van der Waals surface area contributed by atoms with Crippen molar-refractivity contribution in [2.45, 2.75) is 19.9 Å². The van der Waals surface area contributed by atoms with E-state index in [4.69, 9.17) is 10.6 Å². The van der Waals surface area contributed by atoms with Crippen LogP contribution >= 0.6 is 12.2 Å². The second-order valence-corrected chi connectivity index (χ2v) is 3.14. The van der Waals surface area contributed by atoms with Crippen LogP contribution in [-0.4, -0.2) is 14.7 Å². The van der Waals surface area contributed by atoms with Gasteiger partial charge >= 0.3 is 5.56 Å². The number of nitrogens with two attached hydrogens (primary N) is 1. The molecule has 0 aliphatic heterocycles. The standard InChI is InChI=1S/C8H12N4O2S/c1-2-4-12-5-3-10-6(7(12)13)14-8(15)11-9/h3,5H,2,4,9H2,1H3,(H,11,15). The van der Waals surface area contributed by atoms with Crippen LogP contribution in [0.4, 0.5) is 0 Å². The topological polar surface area (TPSA) is 82.2 Å². The molecule has 1 aromatic rings. The molecule has 1 heterocycles. The van der Waals surface area contributed by atoms with Gasteiger partial charge in [0.2, 0.25) is 0 Å². The number of nitrogens with zero attached hydrogens (tertiary/aromatic N) is 2. The number of aryl methyl sites for hydroxylation is 1. The van der Waals surface area contributed by atoms with E-state index in [1.807, 2.05) is 6.92 Å².